The highest BCUT2D eigenvalue weighted by molar-refractivity contribution is 9.10. The first kappa shape index (κ1) is 20.1. The fourth-order valence-electron chi connectivity index (χ4n) is 4.20. The van der Waals surface area contributed by atoms with Crippen LogP contribution in [0.15, 0.2) is 59.1 Å². The summed E-state index contributed by atoms with van der Waals surface area (Å²) in [5, 5.41) is 0. The van der Waals surface area contributed by atoms with Gasteiger partial charge in [-0.3, -0.25) is 9.59 Å². The molecule has 0 aromatic heterocycles. The summed E-state index contributed by atoms with van der Waals surface area (Å²) in [5.41, 5.74) is 2.53. The summed E-state index contributed by atoms with van der Waals surface area (Å²) in [6.07, 6.45) is 3.33. The predicted molar refractivity (Wildman–Crippen MR) is 118 cm³/mol. The van der Waals surface area contributed by atoms with Crippen molar-refractivity contribution in [3.05, 3.63) is 70.2 Å². The number of benzene rings is 2. The Labute approximate surface area is 181 Å². The topological polar surface area (TPSA) is 40.6 Å². The van der Waals surface area contributed by atoms with Gasteiger partial charge >= 0.3 is 0 Å². The normalized spacial score (nSPS) is 21.1. The lowest BCUT2D eigenvalue weighted by molar-refractivity contribution is -0.140. The number of hydrogen-bond donors (Lipinski definition) is 0. The summed E-state index contributed by atoms with van der Waals surface area (Å²) in [5.74, 6) is 0.943. The summed E-state index contributed by atoms with van der Waals surface area (Å²) in [4.78, 5) is 29.2. The molecule has 1 aliphatic carbocycles. The van der Waals surface area contributed by atoms with Gasteiger partial charge in [0.05, 0.1) is 0 Å². The van der Waals surface area contributed by atoms with Crippen molar-refractivity contribution in [1.82, 2.24) is 9.80 Å². The Balaban J connectivity index is 1.19. The molecule has 1 saturated heterocycles. The van der Waals surface area contributed by atoms with Crippen LogP contribution in [0.2, 0.25) is 0 Å². The summed E-state index contributed by atoms with van der Waals surface area (Å²) in [6.45, 7) is 2.64. The van der Waals surface area contributed by atoms with Crippen LogP contribution < -0.4 is 0 Å². The van der Waals surface area contributed by atoms with Crippen molar-refractivity contribution in [2.45, 2.75) is 31.6 Å². The van der Waals surface area contributed by atoms with Crippen LogP contribution in [0, 0.1) is 5.92 Å². The molecule has 4 nitrogen and oxygen atoms in total. The molecule has 1 heterocycles. The number of carbonyl (C=O) groups excluding carboxylic acids is 2. The Bertz CT molecular complexity index is 845. The first-order chi connectivity index (χ1) is 14.1. The van der Waals surface area contributed by atoms with Crippen LogP contribution in [0.25, 0.3) is 0 Å². The third kappa shape index (κ3) is 5.08. The minimum atomic E-state index is 0.115. The van der Waals surface area contributed by atoms with Gasteiger partial charge in [-0.1, -0.05) is 58.4 Å². The molecule has 4 rings (SSSR count). The molecular weight excluding hydrogens is 428 g/mol. The maximum absolute atomic E-state index is 12.8. The molecule has 0 bridgehead atoms. The van der Waals surface area contributed by atoms with Gasteiger partial charge in [0.2, 0.25) is 11.8 Å². The van der Waals surface area contributed by atoms with Crippen LogP contribution in [0.1, 0.15) is 36.3 Å². The molecule has 0 radical (unpaired) electrons. The zero-order valence-corrected chi connectivity index (χ0v) is 18.2. The molecule has 2 aliphatic rings. The average Bonchev–Trinajstić information content (AvgIpc) is 3.55. The quantitative estimate of drug-likeness (QED) is 0.654. The standard InChI is InChI=1S/C24H27BrN2O2/c25-20-11-9-19(10-12-20)21-17-22(21)24(29)27-15-13-26(14-16-27)23(28)8-4-7-18-5-2-1-3-6-18/h1-3,5-6,9-12,21-22H,4,7-8,13-17H2. The second-order valence-electron chi connectivity index (χ2n) is 8.05. The van der Waals surface area contributed by atoms with E-state index in [1.54, 1.807) is 0 Å². The van der Waals surface area contributed by atoms with E-state index in [1.165, 1.54) is 11.1 Å². The molecule has 1 saturated carbocycles. The number of carbonyl (C=O) groups is 2. The van der Waals surface area contributed by atoms with Crippen LogP contribution in [0.5, 0.6) is 0 Å². The number of hydrogen-bond acceptors (Lipinski definition) is 2. The van der Waals surface area contributed by atoms with Crippen LogP contribution in [0.3, 0.4) is 0 Å². The molecule has 29 heavy (non-hydrogen) atoms. The molecule has 2 unspecified atom stereocenters. The highest BCUT2D eigenvalue weighted by Gasteiger charge is 2.46. The van der Waals surface area contributed by atoms with E-state index in [0.29, 0.717) is 38.5 Å². The number of nitrogens with zero attached hydrogens (tertiary/aromatic N) is 2. The third-order valence-corrected chi connectivity index (χ3v) is 6.58. The smallest absolute Gasteiger partial charge is 0.226 e. The summed E-state index contributed by atoms with van der Waals surface area (Å²) in [6, 6.07) is 18.6. The molecule has 0 spiro atoms. The van der Waals surface area contributed by atoms with E-state index in [-0.39, 0.29) is 17.7 Å². The van der Waals surface area contributed by atoms with Crippen LogP contribution >= 0.6 is 15.9 Å². The monoisotopic (exact) mass is 454 g/mol. The minimum absolute atomic E-state index is 0.115. The zero-order chi connectivity index (χ0) is 20.2. The molecule has 5 heteroatoms. The second kappa shape index (κ2) is 9.12. The Kier molecular flexibility index (Phi) is 6.34. The van der Waals surface area contributed by atoms with Crippen molar-refractivity contribution < 1.29 is 9.59 Å². The van der Waals surface area contributed by atoms with Gasteiger partial charge in [-0.25, -0.2) is 0 Å². The molecule has 152 valence electrons. The van der Waals surface area contributed by atoms with E-state index in [4.69, 9.17) is 0 Å². The van der Waals surface area contributed by atoms with Gasteiger partial charge < -0.3 is 9.80 Å². The van der Waals surface area contributed by atoms with Gasteiger partial charge in [-0.15, -0.1) is 0 Å². The van der Waals surface area contributed by atoms with E-state index >= 15 is 0 Å². The van der Waals surface area contributed by atoms with Crippen molar-refractivity contribution in [3.63, 3.8) is 0 Å². The molecule has 2 atom stereocenters. The highest BCUT2D eigenvalue weighted by atomic mass is 79.9. The number of rotatable bonds is 6. The SMILES string of the molecule is O=C(CCCc1ccccc1)N1CCN(C(=O)C2CC2c2ccc(Br)cc2)CC1. The van der Waals surface area contributed by atoms with Crippen molar-refractivity contribution in [2.24, 2.45) is 5.92 Å². The van der Waals surface area contributed by atoms with Crippen LogP contribution in [0.4, 0.5) is 0 Å². The number of aryl methyl sites for hydroxylation is 1. The first-order valence-electron chi connectivity index (χ1n) is 10.5. The van der Waals surface area contributed by atoms with E-state index in [2.05, 4.69) is 40.2 Å². The van der Waals surface area contributed by atoms with E-state index < -0.39 is 0 Å². The Morgan fingerprint density at radius 3 is 2.24 bits per heavy atom. The van der Waals surface area contributed by atoms with E-state index in [0.717, 1.165) is 23.7 Å². The van der Waals surface area contributed by atoms with Crippen molar-refractivity contribution in [2.75, 3.05) is 26.2 Å². The van der Waals surface area contributed by atoms with Gasteiger partial charge in [-0.05, 0) is 48.4 Å². The number of amides is 2. The Morgan fingerprint density at radius 2 is 1.55 bits per heavy atom. The van der Waals surface area contributed by atoms with Gasteiger partial charge in [0.15, 0.2) is 0 Å². The lowest BCUT2D eigenvalue weighted by atomic mass is 10.1. The number of piperazine rings is 1. The Hall–Kier alpha value is -2.14. The van der Waals surface area contributed by atoms with Crippen LogP contribution in [-0.4, -0.2) is 47.8 Å². The zero-order valence-electron chi connectivity index (χ0n) is 16.6. The average molecular weight is 455 g/mol. The summed E-state index contributed by atoms with van der Waals surface area (Å²) < 4.78 is 1.06. The van der Waals surface area contributed by atoms with Gasteiger partial charge in [-0.2, -0.15) is 0 Å². The largest absolute Gasteiger partial charge is 0.339 e. The Morgan fingerprint density at radius 1 is 0.897 bits per heavy atom. The van der Waals surface area contributed by atoms with Crippen molar-refractivity contribution in [3.8, 4) is 0 Å². The van der Waals surface area contributed by atoms with Gasteiger partial charge in [0.1, 0.15) is 0 Å². The van der Waals surface area contributed by atoms with Crippen molar-refractivity contribution >= 4 is 27.7 Å². The number of halogens is 1. The maximum atomic E-state index is 12.8. The predicted octanol–water partition coefficient (Wildman–Crippen LogP) is 4.25. The van der Waals surface area contributed by atoms with Crippen LogP contribution in [-0.2, 0) is 16.0 Å². The molecule has 0 N–H and O–H groups in total. The molecule has 2 aromatic rings. The van der Waals surface area contributed by atoms with Gasteiger partial charge in [0.25, 0.3) is 0 Å². The first-order valence-corrected chi connectivity index (χ1v) is 11.3. The fourth-order valence-corrected chi connectivity index (χ4v) is 4.47. The van der Waals surface area contributed by atoms with Crippen molar-refractivity contribution in [1.29, 1.82) is 0 Å². The molecule has 2 amide bonds. The molecule has 2 fully saturated rings. The summed E-state index contributed by atoms with van der Waals surface area (Å²) in [7, 11) is 0. The lowest BCUT2D eigenvalue weighted by Gasteiger charge is -2.35. The van der Waals surface area contributed by atoms with Gasteiger partial charge in [0, 0.05) is 43.0 Å². The van der Waals surface area contributed by atoms with E-state index in [1.807, 2.05) is 40.1 Å². The fraction of sp³-hybridized carbons (Fsp3) is 0.417. The minimum Gasteiger partial charge on any atom is -0.339 e. The van der Waals surface area contributed by atoms with E-state index in [9.17, 15) is 9.59 Å². The highest BCUT2D eigenvalue weighted by Crippen LogP contribution is 2.48. The molecule has 2 aromatic carbocycles. The maximum Gasteiger partial charge on any atom is 0.226 e. The second-order valence-corrected chi connectivity index (χ2v) is 8.96. The summed E-state index contributed by atoms with van der Waals surface area (Å²) >= 11 is 3.46. The third-order valence-electron chi connectivity index (χ3n) is 6.05. The molecule has 1 aliphatic heterocycles. The lowest BCUT2D eigenvalue weighted by Crippen LogP contribution is -2.51. The molecular formula is C24H27BrN2O2.